The minimum atomic E-state index is 0.495. The van der Waals surface area contributed by atoms with Crippen molar-refractivity contribution in [3.8, 4) is 5.75 Å². The van der Waals surface area contributed by atoms with Crippen molar-refractivity contribution in [2.24, 2.45) is 10.9 Å². The second-order valence-corrected chi connectivity index (χ2v) is 3.24. The molecule has 0 radical (unpaired) electrons. The number of hydrogen-bond donors (Lipinski definition) is 1. The Morgan fingerprint density at radius 1 is 1.31 bits per heavy atom. The predicted molar refractivity (Wildman–Crippen MR) is 67.8 cm³/mol. The molecule has 0 heterocycles. The molecule has 3 nitrogen and oxygen atoms in total. The molecule has 3 heteroatoms. The van der Waals surface area contributed by atoms with Gasteiger partial charge in [0.2, 0.25) is 0 Å². The fourth-order valence-corrected chi connectivity index (χ4v) is 1.37. The Hall–Kier alpha value is -2.03. The van der Waals surface area contributed by atoms with E-state index >= 15 is 0 Å². The van der Waals surface area contributed by atoms with Crippen LogP contribution in [0.5, 0.6) is 5.75 Å². The van der Waals surface area contributed by atoms with E-state index in [-0.39, 0.29) is 0 Å². The van der Waals surface area contributed by atoms with Crippen molar-refractivity contribution in [2.75, 3.05) is 6.61 Å². The Bertz CT molecular complexity index is 397. The van der Waals surface area contributed by atoms with Crippen LogP contribution in [-0.2, 0) is 6.42 Å². The van der Waals surface area contributed by atoms with Gasteiger partial charge < -0.3 is 10.6 Å². The summed E-state index contributed by atoms with van der Waals surface area (Å²) in [6, 6.07) is 5.79. The van der Waals surface area contributed by atoms with Crippen molar-refractivity contribution in [1.29, 1.82) is 0 Å². The third kappa shape index (κ3) is 3.28. The number of nitrogens with two attached hydrogens (primary N) is 1. The maximum Gasteiger partial charge on any atom is 0.123 e. The number of ether oxygens (including phenoxy) is 1. The highest BCUT2D eigenvalue weighted by atomic mass is 16.5. The Kier molecular flexibility index (Phi) is 4.86. The molecule has 0 saturated carbocycles. The molecule has 84 valence electrons. The van der Waals surface area contributed by atoms with Crippen LogP contribution < -0.4 is 10.6 Å². The smallest absolute Gasteiger partial charge is 0.123 e. The standard InChI is InChI=1S/C13H16N2O/c1-3-5-12-9-11(10-15-14)6-7-13(12)16-8-4-2/h3-4,6-7,9-10H,1-2,5,8,14H2. The van der Waals surface area contributed by atoms with Gasteiger partial charge in [-0.15, -0.1) is 6.58 Å². The molecule has 0 aliphatic carbocycles. The van der Waals surface area contributed by atoms with Crippen LogP contribution in [0, 0.1) is 0 Å². The average molecular weight is 216 g/mol. The van der Waals surface area contributed by atoms with Gasteiger partial charge in [0, 0.05) is 0 Å². The minimum Gasteiger partial charge on any atom is -0.489 e. The largest absolute Gasteiger partial charge is 0.489 e. The summed E-state index contributed by atoms with van der Waals surface area (Å²) >= 11 is 0. The Balaban J connectivity index is 2.97. The Morgan fingerprint density at radius 3 is 2.75 bits per heavy atom. The molecule has 16 heavy (non-hydrogen) atoms. The highest BCUT2D eigenvalue weighted by Crippen LogP contribution is 2.20. The highest BCUT2D eigenvalue weighted by Gasteiger charge is 2.02. The summed E-state index contributed by atoms with van der Waals surface area (Å²) in [6.45, 7) is 7.83. The zero-order valence-electron chi connectivity index (χ0n) is 9.23. The van der Waals surface area contributed by atoms with E-state index < -0.39 is 0 Å². The fraction of sp³-hybridized carbons (Fsp3) is 0.154. The first-order valence-corrected chi connectivity index (χ1v) is 5.02. The second kappa shape index (κ2) is 6.45. The van der Waals surface area contributed by atoms with Crippen molar-refractivity contribution in [3.63, 3.8) is 0 Å². The number of benzene rings is 1. The van der Waals surface area contributed by atoms with Crippen LogP contribution in [0.2, 0.25) is 0 Å². The van der Waals surface area contributed by atoms with Crippen LogP contribution in [0.1, 0.15) is 11.1 Å². The number of allylic oxidation sites excluding steroid dienone is 1. The fourth-order valence-electron chi connectivity index (χ4n) is 1.37. The molecule has 0 atom stereocenters. The van der Waals surface area contributed by atoms with E-state index in [1.165, 1.54) is 0 Å². The molecule has 0 bridgehead atoms. The lowest BCUT2D eigenvalue weighted by Gasteiger charge is -2.09. The normalized spacial score (nSPS) is 10.2. The molecule has 1 aromatic rings. The molecule has 0 unspecified atom stereocenters. The van der Waals surface area contributed by atoms with E-state index in [0.29, 0.717) is 6.61 Å². The van der Waals surface area contributed by atoms with E-state index in [1.807, 2.05) is 24.3 Å². The van der Waals surface area contributed by atoms with Crippen LogP contribution in [0.3, 0.4) is 0 Å². The molecule has 0 saturated heterocycles. The highest BCUT2D eigenvalue weighted by molar-refractivity contribution is 5.80. The van der Waals surface area contributed by atoms with Gasteiger partial charge in [-0.2, -0.15) is 5.10 Å². The summed E-state index contributed by atoms with van der Waals surface area (Å²) in [5.74, 6) is 5.95. The second-order valence-electron chi connectivity index (χ2n) is 3.24. The van der Waals surface area contributed by atoms with Crippen molar-refractivity contribution >= 4 is 6.21 Å². The van der Waals surface area contributed by atoms with Gasteiger partial charge in [-0.25, -0.2) is 0 Å². The van der Waals surface area contributed by atoms with E-state index in [2.05, 4.69) is 18.3 Å². The number of hydrazone groups is 1. The molecule has 2 N–H and O–H groups in total. The first-order valence-electron chi connectivity index (χ1n) is 5.02. The molecule has 0 aromatic heterocycles. The van der Waals surface area contributed by atoms with E-state index in [4.69, 9.17) is 10.6 Å². The summed E-state index contributed by atoms with van der Waals surface area (Å²) in [4.78, 5) is 0. The van der Waals surface area contributed by atoms with Gasteiger partial charge >= 0.3 is 0 Å². The summed E-state index contributed by atoms with van der Waals surface area (Å²) in [5.41, 5.74) is 2.01. The zero-order chi connectivity index (χ0) is 11.8. The quantitative estimate of drug-likeness (QED) is 0.343. The van der Waals surface area contributed by atoms with Crippen molar-refractivity contribution < 1.29 is 4.74 Å². The number of rotatable bonds is 6. The molecule has 0 amide bonds. The van der Waals surface area contributed by atoms with Gasteiger partial charge in [-0.1, -0.05) is 18.7 Å². The molecule has 0 fully saturated rings. The first kappa shape index (κ1) is 12.0. The van der Waals surface area contributed by atoms with Gasteiger partial charge in [-0.3, -0.25) is 0 Å². The maximum atomic E-state index is 5.53. The molecule has 0 spiro atoms. The lowest BCUT2D eigenvalue weighted by Crippen LogP contribution is -1.98. The van der Waals surface area contributed by atoms with E-state index in [0.717, 1.165) is 23.3 Å². The summed E-state index contributed by atoms with van der Waals surface area (Å²) in [5, 5.41) is 3.49. The summed E-state index contributed by atoms with van der Waals surface area (Å²) < 4.78 is 5.53. The summed E-state index contributed by atoms with van der Waals surface area (Å²) in [7, 11) is 0. The van der Waals surface area contributed by atoms with Gasteiger partial charge in [-0.05, 0) is 35.7 Å². The van der Waals surface area contributed by atoms with Crippen molar-refractivity contribution in [3.05, 3.63) is 54.6 Å². The molecular formula is C13H16N2O. The molecule has 1 aromatic carbocycles. The zero-order valence-corrected chi connectivity index (χ0v) is 9.23. The predicted octanol–water partition coefficient (Wildman–Crippen LogP) is 2.27. The summed E-state index contributed by atoms with van der Waals surface area (Å²) in [6.07, 6.45) is 5.90. The van der Waals surface area contributed by atoms with Crippen LogP contribution in [-0.4, -0.2) is 12.8 Å². The van der Waals surface area contributed by atoms with Crippen LogP contribution in [0.15, 0.2) is 48.6 Å². The lowest BCUT2D eigenvalue weighted by atomic mass is 10.1. The average Bonchev–Trinajstić information content (AvgIpc) is 2.29. The number of hydrogen-bond acceptors (Lipinski definition) is 3. The van der Waals surface area contributed by atoms with Crippen molar-refractivity contribution in [1.82, 2.24) is 0 Å². The molecular weight excluding hydrogens is 200 g/mol. The maximum absolute atomic E-state index is 5.53. The third-order valence-electron chi connectivity index (χ3n) is 2.03. The SMILES string of the molecule is C=CCOc1ccc(C=NN)cc1CC=C. The van der Waals surface area contributed by atoms with Gasteiger partial charge in [0.25, 0.3) is 0 Å². The third-order valence-corrected chi connectivity index (χ3v) is 2.03. The van der Waals surface area contributed by atoms with E-state index in [9.17, 15) is 0 Å². The minimum absolute atomic E-state index is 0.495. The van der Waals surface area contributed by atoms with Gasteiger partial charge in [0.1, 0.15) is 12.4 Å². The van der Waals surface area contributed by atoms with Crippen molar-refractivity contribution in [2.45, 2.75) is 6.42 Å². The van der Waals surface area contributed by atoms with E-state index in [1.54, 1.807) is 12.3 Å². The lowest BCUT2D eigenvalue weighted by molar-refractivity contribution is 0.360. The van der Waals surface area contributed by atoms with Crippen LogP contribution in [0.4, 0.5) is 0 Å². The topological polar surface area (TPSA) is 47.6 Å². The van der Waals surface area contributed by atoms with Crippen LogP contribution >= 0.6 is 0 Å². The first-order chi connectivity index (χ1) is 7.81. The van der Waals surface area contributed by atoms with Gasteiger partial charge in [0.15, 0.2) is 0 Å². The molecule has 0 aliphatic heterocycles. The molecule has 1 rings (SSSR count). The van der Waals surface area contributed by atoms with Crippen LogP contribution in [0.25, 0.3) is 0 Å². The number of nitrogens with zero attached hydrogens (tertiary/aromatic N) is 1. The Labute approximate surface area is 95.9 Å². The molecule has 0 aliphatic rings. The Morgan fingerprint density at radius 2 is 2.12 bits per heavy atom. The monoisotopic (exact) mass is 216 g/mol. The van der Waals surface area contributed by atoms with Gasteiger partial charge in [0.05, 0.1) is 6.21 Å².